The first-order valence-electron chi connectivity index (χ1n) is 11.3. The lowest BCUT2D eigenvalue weighted by Crippen LogP contribution is -2.39. The number of carbonyl (C=O) groups excluding carboxylic acids is 1. The predicted molar refractivity (Wildman–Crippen MR) is 113 cm³/mol. The number of carbonyl (C=O) groups is 1. The van der Waals surface area contributed by atoms with Gasteiger partial charge in [-0.2, -0.15) is 13.2 Å². The molecule has 2 fully saturated rings. The summed E-state index contributed by atoms with van der Waals surface area (Å²) in [5, 5.41) is 20.0. The SMILES string of the molecule is O=C(NC1CCC(O)CC1)c1noc(-c2ccc(C(F)(F)F)cc2)c1CNC1CCOCC1. The van der Waals surface area contributed by atoms with Crippen molar-refractivity contribution in [3.8, 4) is 11.3 Å². The lowest BCUT2D eigenvalue weighted by Gasteiger charge is -2.26. The Labute approximate surface area is 189 Å². The van der Waals surface area contributed by atoms with Gasteiger partial charge in [-0.3, -0.25) is 4.79 Å². The number of hydrogen-bond donors (Lipinski definition) is 3. The highest BCUT2D eigenvalue weighted by Gasteiger charge is 2.31. The summed E-state index contributed by atoms with van der Waals surface area (Å²) < 4.78 is 49.7. The summed E-state index contributed by atoms with van der Waals surface area (Å²) in [7, 11) is 0. The molecule has 0 unspecified atom stereocenters. The number of nitrogens with zero attached hydrogens (tertiary/aromatic N) is 1. The molecule has 1 aromatic heterocycles. The van der Waals surface area contributed by atoms with Gasteiger partial charge in [0, 0.05) is 43.0 Å². The molecule has 1 aliphatic heterocycles. The normalized spacial score (nSPS) is 22.3. The zero-order valence-corrected chi connectivity index (χ0v) is 18.2. The quantitative estimate of drug-likeness (QED) is 0.600. The van der Waals surface area contributed by atoms with E-state index < -0.39 is 11.7 Å². The summed E-state index contributed by atoms with van der Waals surface area (Å²) in [6, 6.07) is 4.76. The van der Waals surface area contributed by atoms with Gasteiger partial charge in [-0.05, 0) is 50.7 Å². The molecule has 2 heterocycles. The van der Waals surface area contributed by atoms with E-state index in [-0.39, 0.29) is 42.1 Å². The van der Waals surface area contributed by atoms with Crippen LogP contribution >= 0.6 is 0 Å². The standard InChI is InChI=1S/C23H28F3N3O4/c24-23(25,26)15-3-1-14(2-4-15)21-19(13-27-16-9-11-32-12-10-16)20(29-33-21)22(31)28-17-5-7-18(30)8-6-17/h1-4,16-18,27,30H,5-13H2,(H,28,31). The average Bonchev–Trinajstić information content (AvgIpc) is 3.23. The topological polar surface area (TPSA) is 96.6 Å². The van der Waals surface area contributed by atoms with Crippen molar-refractivity contribution in [2.75, 3.05) is 13.2 Å². The van der Waals surface area contributed by atoms with Gasteiger partial charge < -0.3 is 25.0 Å². The number of amides is 1. The molecule has 3 N–H and O–H groups in total. The van der Waals surface area contributed by atoms with Crippen molar-refractivity contribution in [2.24, 2.45) is 0 Å². The zero-order chi connectivity index (χ0) is 23.4. The van der Waals surface area contributed by atoms with Crippen molar-refractivity contribution >= 4 is 5.91 Å². The minimum absolute atomic E-state index is 0.0663. The van der Waals surface area contributed by atoms with Crippen LogP contribution in [0.5, 0.6) is 0 Å². The van der Waals surface area contributed by atoms with Gasteiger partial charge in [-0.1, -0.05) is 17.3 Å². The van der Waals surface area contributed by atoms with Gasteiger partial charge in [0.1, 0.15) is 0 Å². The molecule has 0 spiro atoms. The number of aliphatic hydroxyl groups excluding tert-OH is 1. The van der Waals surface area contributed by atoms with Crippen LogP contribution < -0.4 is 10.6 Å². The van der Waals surface area contributed by atoms with Gasteiger partial charge in [0.05, 0.1) is 11.7 Å². The Morgan fingerprint density at radius 3 is 2.33 bits per heavy atom. The number of ether oxygens (including phenoxy) is 1. The van der Waals surface area contributed by atoms with Crippen LogP contribution in [0.1, 0.15) is 60.1 Å². The van der Waals surface area contributed by atoms with Crippen molar-refractivity contribution in [1.29, 1.82) is 0 Å². The Kier molecular flexibility index (Phi) is 7.35. The van der Waals surface area contributed by atoms with Gasteiger partial charge in [0.15, 0.2) is 11.5 Å². The van der Waals surface area contributed by atoms with E-state index in [0.29, 0.717) is 50.0 Å². The number of hydrogen-bond acceptors (Lipinski definition) is 6. The van der Waals surface area contributed by atoms with Gasteiger partial charge in [0.2, 0.25) is 0 Å². The first-order chi connectivity index (χ1) is 15.8. The predicted octanol–water partition coefficient (Wildman–Crippen LogP) is 3.66. The summed E-state index contributed by atoms with van der Waals surface area (Å²) in [5.41, 5.74) is 0.286. The van der Waals surface area contributed by atoms with Gasteiger partial charge in [-0.15, -0.1) is 0 Å². The van der Waals surface area contributed by atoms with Gasteiger partial charge >= 0.3 is 6.18 Å². The van der Waals surface area contributed by atoms with Crippen LogP contribution in [0.25, 0.3) is 11.3 Å². The van der Waals surface area contributed by atoms with Crippen LogP contribution in [0.15, 0.2) is 28.8 Å². The van der Waals surface area contributed by atoms with Crippen LogP contribution in [-0.4, -0.2) is 47.6 Å². The number of benzene rings is 1. The molecule has 0 radical (unpaired) electrons. The third kappa shape index (κ3) is 5.93. The molecule has 1 aromatic carbocycles. The fourth-order valence-electron chi connectivity index (χ4n) is 4.31. The highest BCUT2D eigenvalue weighted by Crippen LogP contribution is 2.33. The lowest BCUT2D eigenvalue weighted by atomic mass is 9.93. The molecule has 1 aliphatic carbocycles. The van der Waals surface area contributed by atoms with Crippen molar-refractivity contribution < 1.29 is 32.3 Å². The summed E-state index contributed by atoms with van der Waals surface area (Å²) >= 11 is 0. The average molecular weight is 467 g/mol. The molecule has 2 aliphatic rings. The second-order valence-electron chi connectivity index (χ2n) is 8.66. The van der Waals surface area contributed by atoms with E-state index in [4.69, 9.17) is 9.26 Å². The smallest absolute Gasteiger partial charge is 0.393 e. The van der Waals surface area contributed by atoms with Crippen molar-refractivity contribution in [3.63, 3.8) is 0 Å². The van der Waals surface area contributed by atoms with E-state index in [0.717, 1.165) is 25.0 Å². The summed E-state index contributed by atoms with van der Waals surface area (Å²) in [5.74, 6) is -0.116. The second kappa shape index (κ2) is 10.2. The first-order valence-corrected chi connectivity index (χ1v) is 11.3. The van der Waals surface area contributed by atoms with Crippen LogP contribution in [0.4, 0.5) is 13.2 Å². The van der Waals surface area contributed by atoms with E-state index in [1.165, 1.54) is 12.1 Å². The third-order valence-electron chi connectivity index (χ3n) is 6.30. The molecule has 0 bridgehead atoms. The fraction of sp³-hybridized carbons (Fsp3) is 0.565. The molecule has 2 aromatic rings. The lowest BCUT2D eigenvalue weighted by molar-refractivity contribution is -0.137. The van der Waals surface area contributed by atoms with E-state index in [9.17, 15) is 23.1 Å². The molecule has 4 rings (SSSR count). The van der Waals surface area contributed by atoms with Crippen LogP contribution in [0.2, 0.25) is 0 Å². The molecular formula is C23H28F3N3O4. The van der Waals surface area contributed by atoms with E-state index in [1.54, 1.807) is 0 Å². The molecule has 1 saturated carbocycles. The third-order valence-corrected chi connectivity index (χ3v) is 6.30. The molecule has 1 amide bonds. The number of rotatable bonds is 6. The van der Waals surface area contributed by atoms with Crippen LogP contribution in [-0.2, 0) is 17.5 Å². The Morgan fingerprint density at radius 2 is 1.70 bits per heavy atom. The Bertz CT molecular complexity index is 931. The minimum Gasteiger partial charge on any atom is -0.393 e. The Morgan fingerprint density at radius 1 is 1.03 bits per heavy atom. The van der Waals surface area contributed by atoms with Crippen molar-refractivity contribution in [1.82, 2.24) is 15.8 Å². The summed E-state index contributed by atoms with van der Waals surface area (Å²) in [6.45, 7) is 1.58. The summed E-state index contributed by atoms with van der Waals surface area (Å²) in [4.78, 5) is 13.0. The number of nitrogens with one attached hydrogen (secondary N) is 2. The number of aliphatic hydroxyl groups is 1. The van der Waals surface area contributed by atoms with Gasteiger partial charge in [-0.25, -0.2) is 0 Å². The van der Waals surface area contributed by atoms with Crippen molar-refractivity contribution in [2.45, 2.75) is 69.4 Å². The van der Waals surface area contributed by atoms with E-state index >= 15 is 0 Å². The fourth-order valence-corrected chi connectivity index (χ4v) is 4.31. The molecule has 180 valence electrons. The number of halogens is 3. The minimum atomic E-state index is -4.44. The highest BCUT2D eigenvalue weighted by atomic mass is 19.4. The van der Waals surface area contributed by atoms with Crippen LogP contribution in [0, 0.1) is 0 Å². The molecule has 1 saturated heterocycles. The highest BCUT2D eigenvalue weighted by molar-refractivity contribution is 5.95. The van der Waals surface area contributed by atoms with Gasteiger partial charge in [0.25, 0.3) is 5.91 Å². The Balaban J connectivity index is 1.56. The Hall–Kier alpha value is -2.43. The van der Waals surface area contributed by atoms with Crippen molar-refractivity contribution in [3.05, 3.63) is 41.1 Å². The molecule has 7 nitrogen and oxygen atoms in total. The maximum Gasteiger partial charge on any atom is 0.416 e. The van der Waals surface area contributed by atoms with Crippen LogP contribution in [0.3, 0.4) is 0 Å². The second-order valence-corrected chi connectivity index (χ2v) is 8.66. The monoisotopic (exact) mass is 467 g/mol. The number of alkyl halides is 3. The molecule has 10 heteroatoms. The maximum atomic E-state index is 13.0. The zero-order valence-electron chi connectivity index (χ0n) is 18.2. The largest absolute Gasteiger partial charge is 0.416 e. The maximum absolute atomic E-state index is 13.0. The number of aromatic nitrogens is 1. The molecule has 0 atom stereocenters. The van der Waals surface area contributed by atoms with E-state index in [2.05, 4.69) is 15.8 Å². The first kappa shape index (κ1) is 23.7. The van der Waals surface area contributed by atoms with E-state index in [1.807, 2.05) is 0 Å². The molecular weight excluding hydrogens is 439 g/mol. The molecule has 33 heavy (non-hydrogen) atoms. The summed E-state index contributed by atoms with van der Waals surface area (Å²) in [6.07, 6.45) is -0.530.